The number of rotatable bonds is 3. The molecule has 0 aliphatic heterocycles. The molecule has 0 spiro atoms. The van der Waals surface area contributed by atoms with Crippen LogP contribution in [0, 0.1) is 0 Å². The molecular formula is C11H10F3N3O. The first-order valence-electron chi connectivity index (χ1n) is 5.15. The molecule has 0 atom stereocenters. The summed E-state index contributed by atoms with van der Waals surface area (Å²) in [7, 11) is 0. The second-order valence-electron chi connectivity index (χ2n) is 3.81. The van der Waals surface area contributed by atoms with E-state index in [2.05, 4.69) is 10.1 Å². The Labute approximate surface area is 101 Å². The lowest BCUT2D eigenvalue weighted by Gasteiger charge is -2.00. The van der Waals surface area contributed by atoms with Crippen molar-refractivity contribution in [3.63, 3.8) is 0 Å². The molecule has 0 saturated heterocycles. The lowest BCUT2D eigenvalue weighted by molar-refractivity contribution is -0.128. The number of hydrogen-bond acceptors (Lipinski definition) is 4. The molecule has 0 amide bonds. The van der Waals surface area contributed by atoms with Crippen molar-refractivity contribution in [1.82, 2.24) is 10.1 Å². The van der Waals surface area contributed by atoms with Gasteiger partial charge in [-0.05, 0) is 17.7 Å². The van der Waals surface area contributed by atoms with Crippen LogP contribution in [0.4, 0.5) is 18.9 Å². The van der Waals surface area contributed by atoms with Crippen LogP contribution in [-0.4, -0.2) is 16.3 Å². The highest BCUT2D eigenvalue weighted by molar-refractivity contribution is 5.39. The Morgan fingerprint density at radius 1 is 1.17 bits per heavy atom. The fourth-order valence-corrected chi connectivity index (χ4v) is 1.42. The smallest absolute Gasteiger partial charge is 0.396 e. The molecular weight excluding hydrogens is 247 g/mol. The lowest BCUT2D eigenvalue weighted by Crippen LogP contribution is -2.12. The normalized spacial score (nSPS) is 11.7. The van der Waals surface area contributed by atoms with Crippen molar-refractivity contribution in [1.29, 1.82) is 0 Å². The van der Waals surface area contributed by atoms with Gasteiger partial charge in [0.25, 0.3) is 0 Å². The second-order valence-corrected chi connectivity index (χ2v) is 3.81. The third kappa shape index (κ3) is 3.47. The summed E-state index contributed by atoms with van der Waals surface area (Å²) >= 11 is 0. The van der Waals surface area contributed by atoms with Crippen LogP contribution < -0.4 is 5.73 Å². The Balaban J connectivity index is 2.04. The van der Waals surface area contributed by atoms with Gasteiger partial charge in [-0.3, -0.25) is 0 Å². The minimum Gasteiger partial charge on any atom is -0.399 e. The van der Waals surface area contributed by atoms with Gasteiger partial charge in [-0.1, -0.05) is 17.3 Å². The maximum atomic E-state index is 12.1. The van der Waals surface area contributed by atoms with Crippen molar-refractivity contribution >= 4 is 5.69 Å². The summed E-state index contributed by atoms with van der Waals surface area (Å²) in [5.74, 6) is -0.202. The first kappa shape index (κ1) is 12.4. The second kappa shape index (κ2) is 4.67. The van der Waals surface area contributed by atoms with E-state index in [1.54, 1.807) is 24.3 Å². The molecule has 2 aromatic rings. The number of nitrogens with zero attached hydrogens (tertiary/aromatic N) is 2. The Morgan fingerprint density at radius 3 is 2.44 bits per heavy atom. The summed E-state index contributed by atoms with van der Waals surface area (Å²) < 4.78 is 41.0. The van der Waals surface area contributed by atoms with Crippen molar-refractivity contribution in [3.8, 4) is 0 Å². The zero-order valence-corrected chi connectivity index (χ0v) is 9.24. The topological polar surface area (TPSA) is 64.9 Å². The van der Waals surface area contributed by atoms with E-state index < -0.39 is 12.6 Å². The summed E-state index contributed by atoms with van der Waals surface area (Å²) in [6.07, 6.45) is -5.23. The predicted molar refractivity (Wildman–Crippen MR) is 57.7 cm³/mol. The van der Waals surface area contributed by atoms with E-state index in [1.807, 2.05) is 0 Å². The molecule has 18 heavy (non-hydrogen) atoms. The van der Waals surface area contributed by atoms with Crippen LogP contribution in [0.25, 0.3) is 0 Å². The molecule has 0 radical (unpaired) electrons. The van der Waals surface area contributed by atoms with Crippen LogP contribution in [0.3, 0.4) is 0 Å². The Bertz CT molecular complexity index is 519. The number of anilines is 1. The summed E-state index contributed by atoms with van der Waals surface area (Å²) in [4.78, 5) is 3.68. The Kier molecular flexibility index (Phi) is 3.22. The number of halogens is 3. The fourth-order valence-electron chi connectivity index (χ4n) is 1.42. The van der Waals surface area contributed by atoms with Gasteiger partial charge in [-0.25, -0.2) is 0 Å². The minimum atomic E-state index is -4.33. The standard InChI is InChI=1S/C11H10F3N3O/c12-11(13,14)6-9-16-10(18-17-9)5-7-1-3-8(15)4-2-7/h1-4H,5-6,15H2. The van der Waals surface area contributed by atoms with Crippen LogP contribution in [0.5, 0.6) is 0 Å². The maximum absolute atomic E-state index is 12.1. The third-order valence-corrected chi connectivity index (χ3v) is 2.20. The molecule has 0 saturated carbocycles. The van der Waals surface area contributed by atoms with Gasteiger partial charge < -0.3 is 10.3 Å². The van der Waals surface area contributed by atoms with Gasteiger partial charge >= 0.3 is 6.18 Å². The van der Waals surface area contributed by atoms with Crippen molar-refractivity contribution in [2.45, 2.75) is 19.0 Å². The molecule has 0 bridgehead atoms. The molecule has 7 heteroatoms. The zero-order chi connectivity index (χ0) is 13.2. The average Bonchev–Trinajstić information content (AvgIpc) is 2.66. The minimum absolute atomic E-state index is 0.152. The van der Waals surface area contributed by atoms with E-state index in [9.17, 15) is 13.2 Å². The van der Waals surface area contributed by atoms with Crippen LogP contribution in [0.1, 0.15) is 17.3 Å². The first-order chi connectivity index (χ1) is 8.42. The van der Waals surface area contributed by atoms with Gasteiger partial charge in [-0.2, -0.15) is 18.2 Å². The Hall–Kier alpha value is -2.05. The molecule has 1 aromatic heterocycles. The number of nitrogen functional groups attached to an aromatic ring is 1. The van der Waals surface area contributed by atoms with Gasteiger partial charge in [0.2, 0.25) is 5.89 Å². The highest BCUT2D eigenvalue weighted by Gasteiger charge is 2.30. The lowest BCUT2D eigenvalue weighted by atomic mass is 10.1. The van der Waals surface area contributed by atoms with Gasteiger partial charge in [0.05, 0.1) is 6.42 Å². The van der Waals surface area contributed by atoms with E-state index in [-0.39, 0.29) is 18.1 Å². The van der Waals surface area contributed by atoms with Gasteiger partial charge in [0.15, 0.2) is 5.82 Å². The highest BCUT2D eigenvalue weighted by atomic mass is 19.4. The van der Waals surface area contributed by atoms with E-state index >= 15 is 0 Å². The molecule has 0 aliphatic carbocycles. The maximum Gasteiger partial charge on any atom is 0.396 e. The summed E-state index contributed by atoms with van der Waals surface area (Å²) in [5.41, 5.74) is 6.97. The zero-order valence-electron chi connectivity index (χ0n) is 9.24. The number of alkyl halides is 3. The fraction of sp³-hybridized carbons (Fsp3) is 0.273. The quantitative estimate of drug-likeness (QED) is 0.857. The summed E-state index contributed by atoms with van der Waals surface area (Å²) in [5, 5.41) is 3.28. The van der Waals surface area contributed by atoms with E-state index in [0.29, 0.717) is 5.69 Å². The largest absolute Gasteiger partial charge is 0.399 e. The number of benzene rings is 1. The Morgan fingerprint density at radius 2 is 1.83 bits per heavy atom. The molecule has 96 valence electrons. The van der Waals surface area contributed by atoms with Gasteiger partial charge in [0.1, 0.15) is 6.42 Å². The van der Waals surface area contributed by atoms with Gasteiger partial charge in [0, 0.05) is 5.69 Å². The molecule has 0 fully saturated rings. The molecule has 2 N–H and O–H groups in total. The molecule has 1 aromatic carbocycles. The van der Waals surface area contributed by atoms with Crippen molar-refractivity contribution in [2.24, 2.45) is 0 Å². The number of nitrogens with two attached hydrogens (primary N) is 1. The SMILES string of the molecule is Nc1ccc(Cc2nc(CC(F)(F)F)no2)cc1. The summed E-state index contributed by atoms with van der Waals surface area (Å²) in [6, 6.07) is 6.90. The molecule has 0 unspecified atom stereocenters. The molecule has 4 nitrogen and oxygen atoms in total. The summed E-state index contributed by atoms with van der Waals surface area (Å²) in [6.45, 7) is 0. The third-order valence-electron chi connectivity index (χ3n) is 2.20. The first-order valence-corrected chi connectivity index (χ1v) is 5.15. The number of aromatic nitrogens is 2. The van der Waals surface area contributed by atoms with Crippen molar-refractivity contribution in [3.05, 3.63) is 41.5 Å². The van der Waals surface area contributed by atoms with E-state index in [0.717, 1.165) is 5.56 Å². The van der Waals surface area contributed by atoms with Crippen LogP contribution in [0.15, 0.2) is 28.8 Å². The monoisotopic (exact) mass is 257 g/mol. The highest BCUT2D eigenvalue weighted by Crippen LogP contribution is 2.20. The molecule has 1 heterocycles. The number of hydrogen-bond donors (Lipinski definition) is 1. The predicted octanol–water partition coefficient (Wildman–Crippen LogP) is 2.35. The molecule has 0 aliphatic rings. The van der Waals surface area contributed by atoms with Crippen LogP contribution in [-0.2, 0) is 12.8 Å². The van der Waals surface area contributed by atoms with Crippen molar-refractivity contribution in [2.75, 3.05) is 5.73 Å². The average molecular weight is 257 g/mol. The van der Waals surface area contributed by atoms with E-state index in [4.69, 9.17) is 10.3 Å². The molecule has 2 rings (SSSR count). The van der Waals surface area contributed by atoms with Crippen LogP contribution >= 0.6 is 0 Å². The van der Waals surface area contributed by atoms with Crippen LogP contribution in [0.2, 0.25) is 0 Å². The van der Waals surface area contributed by atoms with Gasteiger partial charge in [-0.15, -0.1) is 0 Å². The van der Waals surface area contributed by atoms with Crippen molar-refractivity contribution < 1.29 is 17.7 Å². The van der Waals surface area contributed by atoms with E-state index in [1.165, 1.54) is 0 Å².